The average Bonchev–Trinajstić information content (AvgIpc) is 1.82. The van der Waals surface area contributed by atoms with Gasteiger partial charge in [-0.2, -0.15) is 0 Å². The molecule has 0 radical (unpaired) electrons. The molecule has 0 saturated heterocycles. The van der Waals surface area contributed by atoms with Gasteiger partial charge in [0.25, 0.3) is 5.78 Å². The highest BCUT2D eigenvalue weighted by Gasteiger charge is 2.04. The second-order valence-corrected chi connectivity index (χ2v) is 1.53. The van der Waals surface area contributed by atoms with Gasteiger partial charge in [-0.15, -0.1) is 11.6 Å². The molecule has 3 nitrogen and oxygen atoms in total. The van der Waals surface area contributed by atoms with Crippen LogP contribution < -0.4 is 0 Å². The van der Waals surface area contributed by atoms with Gasteiger partial charge < -0.3 is 5.11 Å². The van der Waals surface area contributed by atoms with Crippen molar-refractivity contribution in [1.82, 2.24) is 0 Å². The summed E-state index contributed by atoms with van der Waals surface area (Å²) < 4.78 is 0. The van der Waals surface area contributed by atoms with Crippen LogP contribution in [0.5, 0.6) is 0 Å². The van der Waals surface area contributed by atoms with Crippen molar-refractivity contribution in [2.24, 2.45) is 0 Å². The zero-order valence-electron chi connectivity index (χ0n) is 4.50. The fourth-order valence-electron chi connectivity index (χ4n) is 0.223. The van der Waals surface area contributed by atoms with Crippen LogP contribution in [0.2, 0.25) is 0 Å². The number of halogens is 1. The third kappa shape index (κ3) is 3.73. The van der Waals surface area contributed by atoms with E-state index in [1.54, 1.807) is 0 Å². The molecule has 0 aromatic carbocycles. The predicted molar refractivity (Wildman–Crippen MR) is 32.5 cm³/mol. The number of aliphatic carboxylic acids is 1. The second-order valence-electron chi connectivity index (χ2n) is 1.23. The van der Waals surface area contributed by atoms with Crippen molar-refractivity contribution in [2.45, 2.75) is 0 Å². The van der Waals surface area contributed by atoms with E-state index in [2.05, 4.69) is 0 Å². The molecule has 0 aromatic heterocycles. The highest BCUT2D eigenvalue weighted by atomic mass is 35.5. The van der Waals surface area contributed by atoms with E-state index in [0.717, 1.165) is 6.08 Å². The predicted octanol–water partition coefficient (Wildman–Crippen LogP) is 0.435. The number of allylic oxidation sites excluding steroid dienone is 1. The number of rotatable bonds is 3. The van der Waals surface area contributed by atoms with Crippen molar-refractivity contribution in [3.05, 3.63) is 12.2 Å². The largest absolute Gasteiger partial charge is 0.475 e. The van der Waals surface area contributed by atoms with Crippen LogP contribution in [-0.4, -0.2) is 22.7 Å². The Bertz CT molecular complexity index is 150. The first kappa shape index (κ1) is 8.17. The molecule has 0 unspecified atom stereocenters. The van der Waals surface area contributed by atoms with Crippen LogP contribution in [0, 0.1) is 0 Å². The van der Waals surface area contributed by atoms with Gasteiger partial charge in [0.15, 0.2) is 0 Å². The number of carboxylic acid groups (broad SMARTS) is 1. The van der Waals surface area contributed by atoms with Crippen molar-refractivity contribution >= 4 is 23.4 Å². The van der Waals surface area contributed by atoms with E-state index in [1.807, 2.05) is 0 Å². The summed E-state index contributed by atoms with van der Waals surface area (Å²) in [6.45, 7) is 0. The van der Waals surface area contributed by atoms with Gasteiger partial charge in [-0.25, -0.2) is 4.79 Å². The van der Waals surface area contributed by atoms with Gasteiger partial charge in [-0.1, -0.05) is 6.08 Å². The monoisotopic (exact) mass is 148 g/mol. The minimum atomic E-state index is -1.46. The molecular weight excluding hydrogens is 144 g/mol. The van der Waals surface area contributed by atoms with Gasteiger partial charge in [-0.05, 0) is 6.08 Å². The first-order valence-electron chi connectivity index (χ1n) is 2.18. The zero-order chi connectivity index (χ0) is 7.28. The van der Waals surface area contributed by atoms with E-state index < -0.39 is 11.8 Å². The molecule has 0 aliphatic heterocycles. The van der Waals surface area contributed by atoms with Crippen LogP contribution in [0.15, 0.2) is 12.2 Å². The molecule has 1 N–H and O–H groups in total. The molecule has 50 valence electrons. The summed E-state index contributed by atoms with van der Waals surface area (Å²) in [5, 5.41) is 7.96. The number of carbonyl (C=O) groups is 2. The molecule has 0 heterocycles. The van der Waals surface area contributed by atoms with Crippen LogP contribution >= 0.6 is 11.6 Å². The fourth-order valence-corrected chi connectivity index (χ4v) is 0.312. The highest BCUT2D eigenvalue weighted by molar-refractivity contribution is 6.37. The van der Waals surface area contributed by atoms with Gasteiger partial charge in [0.1, 0.15) is 0 Å². The van der Waals surface area contributed by atoms with Crippen molar-refractivity contribution in [2.75, 3.05) is 5.88 Å². The maximum atomic E-state index is 10.2. The molecule has 9 heavy (non-hydrogen) atoms. The number of hydrogen-bond acceptors (Lipinski definition) is 2. The normalized spacial score (nSPS) is 9.89. The number of carbonyl (C=O) groups excluding carboxylic acids is 1. The van der Waals surface area contributed by atoms with E-state index >= 15 is 0 Å². The molecular formula is C5H5ClO3. The van der Waals surface area contributed by atoms with E-state index in [4.69, 9.17) is 16.7 Å². The van der Waals surface area contributed by atoms with E-state index in [-0.39, 0.29) is 5.88 Å². The SMILES string of the molecule is O=C(O)C(=O)/C=C/CCl. The Labute approximate surface area is 56.9 Å². The van der Waals surface area contributed by atoms with Crippen molar-refractivity contribution in [3.8, 4) is 0 Å². The summed E-state index contributed by atoms with van der Waals surface area (Å²) >= 11 is 5.12. The molecule has 0 aromatic rings. The summed E-state index contributed by atoms with van der Waals surface area (Å²) in [7, 11) is 0. The Morgan fingerprint density at radius 2 is 2.11 bits per heavy atom. The third-order valence-electron chi connectivity index (χ3n) is 0.569. The van der Waals surface area contributed by atoms with Crippen molar-refractivity contribution in [1.29, 1.82) is 0 Å². The standard InChI is InChI=1S/C5H5ClO3/c6-3-1-2-4(7)5(8)9/h1-2H,3H2,(H,8,9)/b2-1+. The van der Waals surface area contributed by atoms with Crippen molar-refractivity contribution < 1.29 is 14.7 Å². The molecule has 0 fully saturated rings. The summed E-state index contributed by atoms with van der Waals surface area (Å²) in [5.74, 6) is -2.26. The lowest BCUT2D eigenvalue weighted by Crippen LogP contribution is -2.08. The molecule has 0 bridgehead atoms. The third-order valence-corrected chi connectivity index (χ3v) is 0.747. The summed E-state index contributed by atoms with van der Waals surface area (Å²) in [5.41, 5.74) is 0. The van der Waals surface area contributed by atoms with Gasteiger partial charge in [0.05, 0.1) is 0 Å². The number of hydrogen-bond donors (Lipinski definition) is 1. The molecule has 0 aliphatic rings. The summed E-state index contributed by atoms with van der Waals surface area (Å²) in [6, 6.07) is 0. The van der Waals surface area contributed by atoms with E-state index in [9.17, 15) is 9.59 Å². The molecule has 0 atom stereocenters. The summed E-state index contributed by atoms with van der Waals surface area (Å²) in [6.07, 6.45) is 2.20. The first-order chi connectivity index (χ1) is 4.18. The Balaban J connectivity index is 3.77. The number of ketones is 1. The maximum absolute atomic E-state index is 10.2. The lowest BCUT2D eigenvalue weighted by Gasteiger charge is -1.79. The molecule has 0 spiro atoms. The minimum absolute atomic E-state index is 0.152. The molecule has 0 amide bonds. The smallest absolute Gasteiger partial charge is 0.376 e. The van der Waals surface area contributed by atoms with E-state index in [0.29, 0.717) is 0 Å². The first-order valence-corrected chi connectivity index (χ1v) is 2.71. The van der Waals surface area contributed by atoms with Gasteiger partial charge in [0.2, 0.25) is 0 Å². The maximum Gasteiger partial charge on any atom is 0.376 e. The number of carboxylic acids is 1. The Kier molecular flexibility index (Phi) is 3.71. The lowest BCUT2D eigenvalue weighted by molar-refractivity contribution is -0.146. The molecule has 0 saturated carbocycles. The topological polar surface area (TPSA) is 54.4 Å². The Morgan fingerprint density at radius 1 is 1.56 bits per heavy atom. The number of alkyl halides is 1. The van der Waals surface area contributed by atoms with Gasteiger partial charge in [-0.3, -0.25) is 4.79 Å². The fraction of sp³-hybridized carbons (Fsp3) is 0.200. The Hall–Kier alpha value is -0.830. The molecule has 4 heteroatoms. The van der Waals surface area contributed by atoms with Crippen LogP contribution in [0.4, 0.5) is 0 Å². The molecule has 0 aliphatic carbocycles. The van der Waals surface area contributed by atoms with Crippen molar-refractivity contribution in [3.63, 3.8) is 0 Å². The van der Waals surface area contributed by atoms with Crippen LogP contribution in [0.3, 0.4) is 0 Å². The molecule has 0 rings (SSSR count). The average molecular weight is 149 g/mol. The van der Waals surface area contributed by atoms with Crippen LogP contribution in [0.1, 0.15) is 0 Å². The summed E-state index contributed by atoms with van der Waals surface area (Å²) in [4.78, 5) is 19.9. The van der Waals surface area contributed by atoms with Gasteiger partial charge in [0, 0.05) is 5.88 Å². The Morgan fingerprint density at radius 3 is 2.44 bits per heavy atom. The van der Waals surface area contributed by atoms with E-state index in [1.165, 1.54) is 6.08 Å². The van der Waals surface area contributed by atoms with Crippen LogP contribution in [-0.2, 0) is 9.59 Å². The van der Waals surface area contributed by atoms with Crippen LogP contribution in [0.25, 0.3) is 0 Å². The highest BCUT2D eigenvalue weighted by Crippen LogP contribution is 1.80. The minimum Gasteiger partial charge on any atom is -0.475 e. The quantitative estimate of drug-likeness (QED) is 0.359. The zero-order valence-corrected chi connectivity index (χ0v) is 5.26. The van der Waals surface area contributed by atoms with Gasteiger partial charge >= 0.3 is 5.97 Å². The second kappa shape index (κ2) is 4.09. The lowest BCUT2D eigenvalue weighted by atomic mass is 10.4.